The summed E-state index contributed by atoms with van der Waals surface area (Å²) in [4.78, 5) is 32.5. The lowest BCUT2D eigenvalue weighted by Gasteiger charge is -2.36. The van der Waals surface area contributed by atoms with Crippen LogP contribution in [0.4, 0.5) is 0 Å². The van der Waals surface area contributed by atoms with E-state index in [-0.39, 0.29) is 17.7 Å². The molecule has 1 aromatic heterocycles. The summed E-state index contributed by atoms with van der Waals surface area (Å²) in [6.45, 7) is 2.48. The van der Waals surface area contributed by atoms with Crippen LogP contribution in [0.5, 0.6) is 5.75 Å². The molecule has 0 bridgehead atoms. The van der Waals surface area contributed by atoms with Gasteiger partial charge in [0.2, 0.25) is 5.91 Å². The summed E-state index contributed by atoms with van der Waals surface area (Å²) in [5.74, 6) is 1.56. The smallest absolute Gasteiger partial charge is 0.262 e. The lowest BCUT2D eigenvalue weighted by molar-refractivity contribution is -0.137. The van der Waals surface area contributed by atoms with E-state index in [1.54, 1.807) is 7.11 Å². The van der Waals surface area contributed by atoms with Crippen LogP contribution in [-0.4, -0.2) is 84.9 Å². The van der Waals surface area contributed by atoms with E-state index in [0.717, 1.165) is 37.2 Å². The molecule has 0 spiro atoms. The molecule has 3 fully saturated rings. The third-order valence-electron chi connectivity index (χ3n) is 11.3. The molecular formula is C37H49N5O3S. The van der Waals surface area contributed by atoms with E-state index in [4.69, 9.17) is 4.74 Å². The van der Waals surface area contributed by atoms with Crippen molar-refractivity contribution in [3.63, 3.8) is 0 Å². The predicted molar refractivity (Wildman–Crippen MR) is 186 cm³/mol. The van der Waals surface area contributed by atoms with Crippen LogP contribution in [0.2, 0.25) is 0 Å². The topological polar surface area (TPSA) is 70.0 Å². The molecule has 1 saturated heterocycles. The number of carbonyl (C=O) groups is 2. The lowest BCUT2D eigenvalue weighted by Crippen LogP contribution is -2.47. The van der Waals surface area contributed by atoms with E-state index in [1.165, 1.54) is 84.9 Å². The molecule has 2 aromatic carbocycles. The van der Waals surface area contributed by atoms with Crippen LogP contribution >= 0.6 is 12.1 Å². The third-order valence-corrected chi connectivity index (χ3v) is 11.9. The van der Waals surface area contributed by atoms with Gasteiger partial charge in [-0.2, -0.15) is 0 Å². The Morgan fingerprint density at radius 2 is 1.80 bits per heavy atom. The van der Waals surface area contributed by atoms with Crippen LogP contribution in [0.1, 0.15) is 91.1 Å². The van der Waals surface area contributed by atoms with Gasteiger partial charge in [0.15, 0.2) is 0 Å². The largest absolute Gasteiger partial charge is 0.497 e. The second kappa shape index (κ2) is 12.5. The highest BCUT2D eigenvalue weighted by atomic mass is 32.2. The highest BCUT2D eigenvalue weighted by Crippen LogP contribution is 2.66. The molecule has 3 atom stereocenters. The summed E-state index contributed by atoms with van der Waals surface area (Å²) >= 11 is 1.28. The van der Waals surface area contributed by atoms with Gasteiger partial charge >= 0.3 is 0 Å². The van der Waals surface area contributed by atoms with Crippen LogP contribution < -0.4 is 9.46 Å². The number of carbonyl (C=O) groups excluding carboxylic acids is 2. The van der Waals surface area contributed by atoms with Gasteiger partial charge in [0.05, 0.1) is 18.2 Å². The van der Waals surface area contributed by atoms with Crippen LogP contribution in [0.15, 0.2) is 36.4 Å². The number of rotatable bonds is 8. The first-order valence-corrected chi connectivity index (χ1v) is 17.9. The van der Waals surface area contributed by atoms with E-state index in [9.17, 15) is 9.59 Å². The van der Waals surface area contributed by atoms with E-state index in [0.29, 0.717) is 24.1 Å². The van der Waals surface area contributed by atoms with E-state index in [1.807, 2.05) is 36.4 Å². The fourth-order valence-electron chi connectivity index (χ4n) is 8.77. The number of ether oxygens (including phenoxy) is 1. The number of nitrogens with zero attached hydrogens (tertiary/aromatic N) is 4. The van der Waals surface area contributed by atoms with Gasteiger partial charge in [0, 0.05) is 66.3 Å². The number of hydrogen-bond acceptors (Lipinski definition) is 6. The average molecular weight is 644 g/mol. The van der Waals surface area contributed by atoms with Gasteiger partial charge in [-0.3, -0.25) is 14.3 Å². The van der Waals surface area contributed by atoms with Crippen molar-refractivity contribution in [2.45, 2.75) is 82.2 Å². The minimum atomic E-state index is -0.525. The number of hydrogen-bond donors (Lipinski definition) is 1. The van der Waals surface area contributed by atoms with E-state index >= 15 is 0 Å². The van der Waals surface area contributed by atoms with E-state index < -0.39 is 5.41 Å². The maximum Gasteiger partial charge on any atom is 0.262 e. The summed E-state index contributed by atoms with van der Waals surface area (Å²) < 4.78 is 13.0. The van der Waals surface area contributed by atoms with Gasteiger partial charge in [0.25, 0.3) is 5.91 Å². The summed E-state index contributed by atoms with van der Waals surface area (Å²) in [5.41, 5.74) is 6.28. The van der Waals surface area contributed by atoms with Gasteiger partial charge in [0.1, 0.15) is 5.75 Å². The first-order valence-electron chi connectivity index (χ1n) is 17.2. The lowest BCUT2D eigenvalue weighted by atomic mass is 9.81. The SMILES string of the molecule is COc1ccc2c(c1)C1CC1(C(=O)N(C)CC1CCCCN1C)Cn1c-2c(C2CCCCC2)c2ccc(C(=O)NSN(C)C)cc21. The van der Waals surface area contributed by atoms with Crippen molar-refractivity contribution < 1.29 is 14.3 Å². The molecule has 3 aromatic rings. The number of likely N-dealkylation sites (N-methyl/N-ethyl adjacent to an activating group) is 2. The van der Waals surface area contributed by atoms with Gasteiger partial charge in [-0.15, -0.1) is 0 Å². The summed E-state index contributed by atoms with van der Waals surface area (Å²) in [6, 6.07) is 13.1. The molecular weight excluding hydrogens is 595 g/mol. The summed E-state index contributed by atoms with van der Waals surface area (Å²) in [7, 11) is 9.76. The Morgan fingerprint density at radius 3 is 2.54 bits per heavy atom. The first-order chi connectivity index (χ1) is 22.2. The minimum Gasteiger partial charge on any atom is -0.497 e. The zero-order chi connectivity index (χ0) is 32.2. The van der Waals surface area contributed by atoms with Crippen LogP contribution in [0, 0.1) is 5.41 Å². The molecule has 3 heterocycles. The number of fused-ring (bicyclic) bond motifs is 7. The quantitative estimate of drug-likeness (QED) is 0.277. The highest BCUT2D eigenvalue weighted by molar-refractivity contribution is 7.95. The highest BCUT2D eigenvalue weighted by Gasteiger charge is 2.63. The number of piperidine rings is 1. The predicted octanol–water partition coefficient (Wildman–Crippen LogP) is 6.65. The molecule has 7 rings (SSSR count). The van der Waals surface area contributed by atoms with Crippen molar-refractivity contribution in [3.05, 3.63) is 53.1 Å². The number of aromatic nitrogens is 1. The number of amides is 2. The normalized spacial score (nSPS) is 24.6. The van der Waals surface area contributed by atoms with Crippen molar-refractivity contribution in [3.8, 4) is 17.0 Å². The zero-order valence-corrected chi connectivity index (χ0v) is 28.9. The Labute approximate surface area is 278 Å². The maximum atomic E-state index is 14.7. The van der Waals surface area contributed by atoms with Gasteiger partial charge < -0.3 is 19.1 Å². The molecule has 3 unspecified atom stereocenters. The Balaban J connectivity index is 1.37. The maximum absolute atomic E-state index is 14.7. The molecule has 246 valence electrons. The fraction of sp³-hybridized carbons (Fsp3) is 0.568. The van der Waals surface area contributed by atoms with Crippen molar-refractivity contribution >= 4 is 34.9 Å². The molecule has 8 nitrogen and oxygen atoms in total. The Bertz CT molecular complexity index is 1650. The standard InChI is InChI=1S/C37H49N5O3S/c1-39(2)46-38-35(43)25-14-16-29-32(19-25)42-23-37(36(44)41(4)22-26-13-9-10-18-40(26)3)21-31(37)30-20-27(45-5)15-17-28(30)34(42)33(29)24-11-7-6-8-12-24/h14-17,19-20,24,26,31H,6-13,18,21-23H2,1-5H3,(H,38,43). The second-order valence-corrected chi connectivity index (χ2v) is 15.5. The monoisotopic (exact) mass is 643 g/mol. The number of methoxy groups -OCH3 is 1. The van der Waals surface area contributed by atoms with Crippen molar-refractivity contribution in [2.75, 3.05) is 48.4 Å². The minimum absolute atomic E-state index is 0.111. The molecule has 2 amide bonds. The van der Waals surface area contributed by atoms with Gasteiger partial charge in [-0.1, -0.05) is 31.7 Å². The van der Waals surface area contributed by atoms with Gasteiger partial charge in [-0.05, 0) is 107 Å². The number of benzene rings is 2. The Hall–Kier alpha value is -3.01. The van der Waals surface area contributed by atoms with Crippen LogP contribution in [0.25, 0.3) is 22.2 Å². The van der Waals surface area contributed by atoms with E-state index in [2.05, 4.69) is 51.6 Å². The fourth-order valence-corrected chi connectivity index (χ4v) is 9.15. The number of nitrogens with one attached hydrogen (secondary N) is 1. The molecule has 0 radical (unpaired) electrons. The van der Waals surface area contributed by atoms with Crippen LogP contribution in [0.3, 0.4) is 0 Å². The Morgan fingerprint density at radius 1 is 1.02 bits per heavy atom. The molecule has 2 saturated carbocycles. The Kier molecular flexibility index (Phi) is 8.61. The molecule has 9 heteroatoms. The summed E-state index contributed by atoms with van der Waals surface area (Å²) in [6.07, 6.45) is 10.5. The molecule has 2 aliphatic carbocycles. The third kappa shape index (κ3) is 5.52. The number of likely N-dealkylation sites (tertiary alicyclic amines) is 1. The molecule has 46 heavy (non-hydrogen) atoms. The zero-order valence-electron chi connectivity index (χ0n) is 28.1. The average Bonchev–Trinajstić information content (AvgIpc) is 3.74. The molecule has 2 aliphatic heterocycles. The van der Waals surface area contributed by atoms with Crippen molar-refractivity contribution in [1.29, 1.82) is 0 Å². The van der Waals surface area contributed by atoms with Crippen LogP contribution in [-0.2, 0) is 11.3 Å². The molecule has 1 N–H and O–H groups in total. The first kappa shape index (κ1) is 31.6. The summed E-state index contributed by atoms with van der Waals surface area (Å²) in [5, 5.41) is 1.22. The molecule has 4 aliphatic rings. The van der Waals surface area contributed by atoms with Gasteiger partial charge in [-0.25, -0.2) is 4.31 Å². The van der Waals surface area contributed by atoms with Crippen molar-refractivity contribution in [2.24, 2.45) is 5.41 Å². The second-order valence-electron chi connectivity index (χ2n) is 14.4. The van der Waals surface area contributed by atoms with Crippen molar-refractivity contribution in [1.82, 2.24) is 23.4 Å².